The van der Waals surface area contributed by atoms with Crippen molar-refractivity contribution in [2.75, 3.05) is 0 Å². The molecule has 0 spiro atoms. The summed E-state index contributed by atoms with van der Waals surface area (Å²) < 4.78 is 12.8. The van der Waals surface area contributed by atoms with Crippen LogP contribution in [0.25, 0.3) is 5.70 Å². The van der Waals surface area contributed by atoms with E-state index in [0.717, 1.165) is 30.4 Å². The minimum absolute atomic E-state index is 0.0185. The van der Waals surface area contributed by atoms with Crippen LogP contribution in [0.4, 0.5) is 4.39 Å². The fourth-order valence-electron chi connectivity index (χ4n) is 1.72. The Hall–Kier alpha value is -1.68. The monoisotopic (exact) mass is 235 g/mol. The van der Waals surface area contributed by atoms with Crippen molar-refractivity contribution in [1.29, 1.82) is 0 Å². The maximum absolute atomic E-state index is 12.8. The second kappa shape index (κ2) is 5.59. The molecule has 1 heterocycles. The van der Waals surface area contributed by atoms with Gasteiger partial charge in [-0.3, -0.25) is 10.3 Å². The molecular weight excluding hydrogens is 221 g/mol. The molecule has 4 heteroatoms. The van der Waals surface area contributed by atoms with Gasteiger partial charge in [0, 0.05) is 6.42 Å². The van der Waals surface area contributed by atoms with Crippen molar-refractivity contribution in [1.82, 2.24) is 5.48 Å². The Bertz CT molecular complexity index is 414. The molecule has 1 aliphatic heterocycles. The highest BCUT2D eigenvalue weighted by molar-refractivity contribution is 5.64. The fourth-order valence-corrected chi connectivity index (χ4v) is 1.72. The van der Waals surface area contributed by atoms with E-state index < -0.39 is 0 Å². The van der Waals surface area contributed by atoms with Crippen LogP contribution >= 0.6 is 0 Å². The number of unbranched alkanes of at least 4 members (excludes halogenated alkanes) is 1. The molecular formula is C13H14FNO2. The van der Waals surface area contributed by atoms with Crippen molar-refractivity contribution in [2.45, 2.75) is 25.4 Å². The van der Waals surface area contributed by atoms with Crippen molar-refractivity contribution >= 4 is 12.0 Å². The minimum Gasteiger partial charge on any atom is -0.303 e. The lowest BCUT2D eigenvalue weighted by molar-refractivity contribution is -0.108. The average Bonchev–Trinajstić information content (AvgIpc) is 2.79. The summed E-state index contributed by atoms with van der Waals surface area (Å²) in [5, 5.41) is 0. The van der Waals surface area contributed by atoms with Crippen LogP contribution < -0.4 is 5.48 Å². The van der Waals surface area contributed by atoms with Gasteiger partial charge < -0.3 is 4.79 Å². The largest absolute Gasteiger partial charge is 0.303 e. The summed E-state index contributed by atoms with van der Waals surface area (Å²) in [4.78, 5) is 15.5. The van der Waals surface area contributed by atoms with E-state index in [2.05, 4.69) is 5.48 Å². The first kappa shape index (κ1) is 11.8. The van der Waals surface area contributed by atoms with E-state index in [9.17, 15) is 9.18 Å². The second-order valence-corrected chi connectivity index (χ2v) is 3.94. The van der Waals surface area contributed by atoms with Gasteiger partial charge in [0.1, 0.15) is 18.2 Å². The Morgan fingerprint density at radius 3 is 2.82 bits per heavy atom. The van der Waals surface area contributed by atoms with Crippen LogP contribution in [0.15, 0.2) is 30.3 Å². The molecule has 0 saturated heterocycles. The maximum atomic E-state index is 12.8. The van der Waals surface area contributed by atoms with E-state index in [0.29, 0.717) is 6.42 Å². The van der Waals surface area contributed by atoms with Gasteiger partial charge in [-0.1, -0.05) is 0 Å². The molecule has 2 rings (SSSR count). The first-order chi connectivity index (χ1) is 8.29. The second-order valence-electron chi connectivity index (χ2n) is 3.94. The summed E-state index contributed by atoms with van der Waals surface area (Å²) in [5.41, 5.74) is 4.56. The summed E-state index contributed by atoms with van der Waals surface area (Å²) >= 11 is 0. The molecule has 0 aliphatic carbocycles. The van der Waals surface area contributed by atoms with E-state index in [1.807, 2.05) is 6.08 Å². The van der Waals surface area contributed by atoms with Crippen LogP contribution in [0.3, 0.4) is 0 Å². The lowest BCUT2D eigenvalue weighted by Crippen LogP contribution is -2.12. The molecule has 3 nitrogen and oxygen atoms in total. The smallest absolute Gasteiger partial charge is 0.123 e. The maximum Gasteiger partial charge on any atom is 0.123 e. The van der Waals surface area contributed by atoms with Gasteiger partial charge in [0.25, 0.3) is 0 Å². The molecule has 0 amide bonds. The highest BCUT2D eigenvalue weighted by atomic mass is 19.1. The van der Waals surface area contributed by atoms with E-state index in [4.69, 9.17) is 4.84 Å². The molecule has 0 fully saturated rings. The summed E-state index contributed by atoms with van der Waals surface area (Å²) in [7, 11) is 0. The number of carbonyl (C=O) groups is 1. The lowest BCUT2D eigenvalue weighted by atomic mass is 10.1. The zero-order valence-electron chi connectivity index (χ0n) is 9.36. The zero-order chi connectivity index (χ0) is 12.1. The van der Waals surface area contributed by atoms with E-state index in [-0.39, 0.29) is 11.9 Å². The topological polar surface area (TPSA) is 38.3 Å². The van der Waals surface area contributed by atoms with Crippen molar-refractivity contribution in [3.8, 4) is 0 Å². The van der Waals surface area contributed by atoms with Gasteiger partial charge in [-0.15, -0.1) is 0 Å². The third-order valence-electron chi connectivity index (χ3n) is 2.64. The fraction of sp³-hybridized carbons (Fsp3) is 0.308. The van der Waals surface area contributed by atoms with Crippen molar-refractivity contribution in [2.24, 2.45) is 0 Å². The summed E-state index contributed by atoms with van der Waals surface area (Å²) in [6, 6.07) is 6.23. The molecule has 0 aromatic heterocycles. The number of halogens is 1. The van der Waals surface area contributed by atoms with Gasteiger partial charge in [0.15, 0.2) is 0 Å². The molecule has 1 aromatic rings. The molecule has 0 bridgehead atoms. The van der Waals surface area contributed by atoms with Crippen molar-refractivity contribution in [3.63, 3.8) is 0 Å². The Morgan fingerprint density at radius 1 is 1.35 bits per heavy atom. The third-order valence-corrected chi connectivity index (χ3v) is 2.64. The molecule has 1 atom stereocenters. The third kappa shape index (κ3) is 3.14. The molecule has 0 saturated carbocycles. The first-order valence-corrected chi connectivity index (χ1v) is 5.62. The van der Waals surface area contributed by atoms with E-state index in [1.165, 1.54) is 12.1 Å². The highest BCUT2D eigenvalue weighted by Crippen LogP contribution is 2.21. The summed E-state index contributed by atoms with van der Waals surface area (Å²) in [6.07, 6.45) is 5.01. The zero-order valence-corrected chi connectivity index (χ0v) is 9.36. The number of hydrogen-bond donors (Lipinski definition) is 1. The van der Waals surface area contributed by atoms with Crippen molar-refractivity contribution < 1.29 is 14.0 Å². The lowest BCUT2D eigenvalue weighted by Gasteiger charge is -2.05. The predicted octanol–water partition coefficient (Wildman–Crippen LogP) is 2.44. The molecule has 1 N–H and O–H groups in total. The van der Waals surface area contributed by atoms with Gasteiger partial charge in [0.2, 0.25) is 0 Å². The number of benzene rings is 1. The highest BCUT2D eigenvalue weighted by Gasteiger charge is 2.16. The van der Waals surface area contributed by atoms with E-state index >= 15 is 0 Å². The molecule has 90 valence electrons. The number of hydrogen-bond acceptors (Lipinski definition) is 3. The van der Waals surface area contributed by atoms with Crippen LogP contribution in [0.5, 0.6) is 0 Å². The number of nitrogens with one attached hydrogen (secondary N) is 1. The number of hydroxylamine groups is 1. The Morgan fingerprint density at radius 2 is 2.12 bits per heavy atom. The Labute approximate surface area is 99.2 Å². The van der Waals surface area contributed by atoms with Gasteiger partial charge in [-0.05, 0) is 48.7 Å². The normalized spacial score (nSPS) is 18.6. The number of aldehydes is 1. The van der Waals surface area contributed by atoms with Crippen LogP contribution in [-0.4, -0.2) is 12.4 Å². The Balaban J connectivity index is 1.96. The van der Waals surface area contributed by atoms with Gasteiger partial charge >= 0.3 is 0 Å². The van der Waals surface area contributed by atoms with Gasteiger partial charge in [-0.2, -0.15) is 0 Å². The minimum atomic E-state index is -0.254. The molecule has 1 aliphatic rings. The van der Waals surface area contributed by atoms with Crippen molar-refractivity contribution in [3.05, 3.63) is 41.7 Å². The number of carbonyl (C=O) groups excluding carboxylic acids is 1. The molecule has 1 aromatic carbocycles. The quantitative estimate of drug-likeness (QED) is 0.629. The standard InChI is InChI=1S/C13H14FNO2/c14-11-6-4-10(5-7-11)13-9-12(17-15-13)3-1-2-8-16/h4-9,12,15H,1-3H2. The summed E-state index contributed by atoms with van der Waals surface area (Å²) in [5.74, 6) is -0.254. The average molecular weight is 235 g/mol. The molecule has 0 radical (unpaired) electrons. The number of rotatable bonds is 5. The SMILES string of the molecule is O=CCCCC1C=C(c2ccc(F)cc2)NO1. The van der Waals surface area contributed by atoms with Gasteiger partial charge in [0.05, 0.1) is 5.70 Å². The van der Waals surface area contributed by atoms with Crippen LogP contribution in [0.1, 0.15) is 24.8 Å². The van der Waals surface area contributed by atoms with Gasteiger partial charge in [-0.25, -0.2) is 4.39 Å². The predicted molar refractivity (Wildman–Crippen MR) is 62.3 cm³/mol. The Kier molecular flexibility index (Phi) is 3.88. The van der Waals surface area contributed by atoms with Crippen LogP contribution in [0, 0.1) is 5.82 Å². The molecule has 17 heavy (non-hydrogen) atoms. The molecule has 1 unspecified atom stereocenters. The van der Waals surface area contributed by atoms with E-state index in [1.54, 1.807) is 12.1 Å². The van der Waals surface area contributed by atoms with Crippen LogP contribution in [0.2, 0.25) is 0 Å². The first-order valence-electron chi connectivity index (χ1n) is 5.62. The van der Waals surface area contributed by atoms with Crippen LogP contribution in [-0.2, 0) is 9.63 Å². The summed E-state index contributed by atoms with van der Waals surface area (Å²) in [6.45, 7) is 0.